The predicted molar refractivity (Wildman–Crippen MR) is 143 cm³/mol. The Labute approximate surface area is 224 Å². The normalized spacial score (nSPS) is 15.3. The van der Waals surface area contributed by atoms with Gasteiger partial charge in [-0.1, -0.05) is 39.2 Å². The molecule has 3 amide bonds. The van der Waals surface area contributed by atoms with Crippen molar-refractivity contribution in [2.45, 2.75) is 78.0 Å². The highest BCUT2D eigenvalue weighted by molar-refractivity contribution is 5.85. The maximum Gasteiger partial charge on any atom is 0.410 e. The smallest absolute Gasteiger partial charge is 0.410 e. The predicted octanol–water partition coefficient (Wildman–Crippen LogP) is 2.30. The number of primary amides is 1. The number of nitrogens with two attached hydrogens (primary N) is 2. The van der Waals surface area contributed by atoms with Gasteiger partial charge in [0.05, 0.1) is 17.8 Å². The van der Waals surface area contributed by atoms with Crippen LogP contribution in [0.15, 0.2) is 18.2 Å². The van der Waals surface area contributed by atoms with E-state index in [0.29, 0.717) is 29.7 Å². The molecule has 2 aromatic rings. The highest BCUT2D eigenvalue weighted by atomic mass is 16.6. The monoisotopic (exact) mass is 533 g/mol. The molecule has 0 bridgehead atoms. The number of fused-ring (bicyclic) bond motifs is 1. The van der Waals surface area contributed by atoms with Crippen LogP contribution in [-0.4, -0.2) is 69.8 Å². The molecule has 2 aromatic heterocycles. The molecule has 0 spiro atoms. The first-order valence-corrected chi connectivity index (χ1v) is 12.7. The van der Waals surface area contributed by atoms with Gasteiger partial charge in [-0.3, -0.25) is 14.0 Å². The Bertz CT molecular complexity index is 1070. The van der Waals surface area contributed by atoms with Crippen LogP contribution in [-0.2, 0) is 25.7 Å². The lowest BCUT2D eigenvalue weighted by molar-refractivity contribution is -0.126. The second-order valence-electron chi connectivity index (χ2n) is 10.3. The van der Waals surface area contributed by atoms with E-state index in [4.69, 9.17) is 20.9 Å². The van der Waals surface area contributed by atoms with Crippen molar-refractivity contribution in [2.75, 3.05) is 26.8 Å². The lowest BCUT2D eigenvalue weighted by atomic mass is 10.0. The van der Waals surface area contributed by atoms with E-state index in [-0.39, 0.29) is 33.1 Å². The van der Waals surface area contributed by atoms with Crippen LogP contribution in [0.4, 0.5) is 4.79 Å². The number of hydrogen-bond acceptors (Lipinski definition) is 8. The second kappa shape index (κ2) is 14.1. The fourth-order valence-electron chi connectivity index (χ4n) is 4.32. The number of likely N-dealkylation sites (N-methyl/N-ethyl adjacent to an activating group) is 1. The lowest BCUT2D eigenvalue weighted by Gasteiger charge is -2.24. The van der Waals surface area contributed by atoms with Gasteiger partial charge in [-0.15, -0.1) is 10.2 Å². The Morgan fingerprint density at radius 2 is 1.87 bits per heavy atom. The zero-order valence-electron chi connectivity index (χ0n) is 21.9. The first-order valence-electron chi connectivity index (χ1n) is 12.7. The van der Waals surface area contributed by atoms with Crippen molar-refractivity contribution in [1.29, 1.82) is 0 Å². The summed E-state index contributed by atoms with van der Waals surface area (Å²) in [6, 6.07) is 4.66. The summed E-state index contributed by atoms with van der Waals surface area (Å²) in [5, 5.41) is 11.5. The summed E-state index contributed by atoms with van der Waals surface area (Å²) in [5.41, 5.74) is 11.2. The van der Waals surface area contributed by atoms with Crippen molar-refractivity contribution in [3.8, 4) is 0 Å². The Kier molecular flexibility index (Phi) is 11.5. The molecule has 1 atom stereocenters. The van der Waals surface area contributed by atoms with Gasteiger partial charge in [-0.05, 0) is 44.7 Å². The Balaban J connectivity index is 0.00000507. The molecule has 1 aliphatic rings. The third-order valence-electron chi connectivity index (χ3n) is 6.40. The molecule has 12 nitrogen and oxygen atoms in total. The highest BCUT2D eigenvalue weighted by Gasteiger charge is 2.29. The number of amides is 3. The summed E-state index contributed by atoms with van der Waals surface area (Å²) in [6.07, 6.45) is 6.52. The minimum Gasteiger partial charge on any atom is -0.443 e. The number of nitrogens with zero attached hydrogens (tertiary/aromatic N) is 4. The van der Waals surface area contributed by atoms with Crippen molar-refractivity contribution < 1.29 is 23.9 Å². The number of nitrogens with one attached hydrogen (secondary N) is 1. The van der Waals surface area contributed by atoms with E-state index in [2.05, 4.69) is 15.5 Å². The van der Waals surface area contributed by atoms with Gasteiger partial charge in [0, 0.05) is 13.7 Å². The molecule has 0 aliphatic heterocycles. The van der Waals surface area contributed by atoms with Gasteiger partial charge in [-0.25, -0.2) is 4.79 Å². The van der Waals surface area contributed by atoms with E-state index < -0.39 is 23.6 Å². The maximum atomic E-state index is 12.8. The Hall–Kier alpha value is -3.25. The minimum absolute atomic E-state index is 0. The van der Waals surface area contributed by atoms with E-state index in [0.717, 1.165) is 17.7 Å². The average Bonchev–Trinajstić information content (AvgIpc) is 3.10. The first-order chi connectivity index (χ1) is 17.6. The van der Waals surface area contributed by atoms with E-state index in [1.165, 1.54) is 32.7 Å². The van der Waals surface area contributed by atoms with Gasteiger partial charge < -0.3 is 31.2 Å². The molecule has 12 heteroatoms. The maximum absolute atomic E-state index is 12.8. The van der Waals surface area contributed by atoms with Crippen LogP contribution >= 0.6 is 0 Å². The molecule has 1 aliphatic carbocycles. The highest BCUT2D eigenvalue weighted by Crippen LogP contribution is 2.24. The molecular formula is C26H43N7O5. The van der Waals surface area contributed by atoms with Crippen LogP contribution in [0.3, 0.4) is 0 Å². The van der Waals surface area contributed by atoms with Crippen molar-refractivity contribution in [3.63, 3.8) is 0 Å². The topological polar surface area (TPSA) is 167 Å². The lowest BCUT2D eigenvalue weighted by Crippen LogP contribution is -2.51. The van der Waals surface area contributed by atoms with Gasteiger partial charge in [-0.2, -0.15) is 0 Å². The van der Waals surface area contributed by atoms with E-state index in [1.807, 2.05) is 0 Å². The summed E-state index contributed by atoms with van der Waals surface area (Å²) in [5.74, 6) is -0.0740. The van der Waals surface area contributed by atoms with E-state index in [1.54, 1.807) is 36.4 Å². The summed E-state index contributed by atoms with van der Waals surface area (Å²) in [6.45, 7) is 3.67. The van der Waals surface area contributed by atoms with Gasteiger partial charge in [0.15, 0.2) is 11.5 Å². The van der Waals surface area contributed by atoms with Crippen LogP contribution in [0.25, 0.3) is 5.65 Å². The molecule has 2 heterocycles. The molecule has 0 unspecified atom stereocenters. The molecule has 1 saturated carbocycles. The van der Waals surface area contributed by atoms with Crippen molar-refractivity contribution in [2.24, 2.45) is 17.4 Å². The van der Waals surface area contributed by atoms with Gasteiger partial charge in [0.2, 0.25) is 11.8 Å². The van der Waals surface area contributed by atoms with Crippen molar-refractivity contribution in [1.82, 2.24) is 24.8 Å². The molecular weight excluding hydrogens is 490 g/mol. The quantitative estimate of drug-likeness (QED) is 0.370. The molecule has 1 fully saturated rings. The van der Waals surface area contributed by atoms with Crippen LogP contribution in [0.1, 0.15) is 77.4 Å². The third kappa shape index (κ3) is 8.66. The summed E-state index contributed by atoms with van der Waals surface area (Å²) in [7, 11) is 1.42. The van der Waals surface area contributed by atoms with Crippen LogP contribution in [0.5, 0.6) is 0 Å². The van der Waals surface area contributed by atoms with Gasteiger partial charge in [0.1, 0.15) is 19.2 Å². The summed E-state index contributed by atoms with van der Waals surface area (Å²) >= 11 is 0. The molecule has 0 radical (unpaired) electrons. The van der Waals surface area contributed by atoms with E-state index >= 15 is 0 Å². The SMILES string of the molecule is C.CN(CC(N)=O)C(=O)OCc1cccc2nnc([C@@H](COCC3CCCCCC3)NC(=O)C(C)(C)N)n12. The molecule has 3 rings (SSSR count). The molecule has 0 saturated heterocycles. The average molecular weight is 534 g/mol. The summed E-state index contributed by atoms with van der Waals surface area (Å²) < 4.78 is 13.2. The molecule has 212 valence electrons. The van der Waals surface area contributed by atoms with Gasteiger partial charge in [0.25, 0.3) is 0 Å². The Morgan fingerprint density at radius 3 is 2.50 bits per heavy atom. The van der Waals surface area contributed by atoms with Crippen molar-refractivity contribution in [3.05, 3.63) is 29.7 Å². The molecule has 0 aromatic carbocycles. The largest absolute Gasteiger partial charge is 0.443 e. The zero-order valence-corrected chi connectivity index (χ0v) is 21.9. The zero-order chi connectivity index (χ0) is 27.0. The van der Waals surface area contributed by atoms with E-state index in [9.17, 15) is 14.4 Å². The summed E-state index contributed by atoms with van der Waals surface area (Å²) in [4.78, 5) is 37.3. The number of rotatable bonds is 11. The number of pyridine rings is 1. The number of aromatic nitrogens is 3. The first kappa shape index (κ1) is 31.0. The van der Waals surface area contributed by atoms with Gasteiger partial charge >= 0.3 is 6.09 Å². The number of carbonyl (C=O) groups is 3. The van der Waals surface area contributed by atoms with Crippen LogP contribution in [0, 0.1) is 5.92 Å². The number of ether oxygens (including phenoxy) is 2. The molecule has 5 N–H and O–H groups in total. The van der Waals surface area contributed by atoms with Crippen LogP contribution in [0.2, 0.25) is 0 Å². The van der Waals surface area contributed by atoms with Crippen LogP contribution < -0.4 is 16.8 Å². The van der Waals surface area contributed by atoms with Crippen molar-refractivity contribution >= 4 is 23.6 Å². The second-order valence-corrected chi connectivity index (χ2v) is 10.3. The number of hydrogen-bond donors (Lipinski definition) is 3. The number of carbonyl (C=O) groups excluding carboxylic acids is 3. The fourth-order valence-corrected chi connectivity index (χ4v) is 4.32. The standard InChI is InChI=1S/C25H39N7O5.CH4/c1-25(2,27)23(34)28-19(16-36-14-17-9-6-4-5-7-10-17)22-30-29-21-12-8-11-18(32(21)22)15-37-24(35)31(3)13-20(26)33;/h8,11-12,17,19H,4-7,9-10,13-16,27H2,1-3H3,(H2,26,33)(H,28,34);1H4/t19-;/m1./s1. The minimum atomic E-state index is -1.11. The Morgan fingerprint density at radius 1 is 1.18 bits per heavy atom. The fraction of sp³-hybridized carbons (Fsp3) is 0.654. The third-order valence-corrected chi connectivity index (χ3v) is 6.40. The molecule has 38 heavy (non-hydrogen) atoms.